The van der Waals surface area contributed by atoms with Crippen molar-refractivity contribution in [2.75, 3.05) is 11.6 Å². The molecule has 0 aliphatic heterocycles. The maximum Gasteiger partial charge on any atom is 0.260 e. The van der Waals surface area contributed by atoms with Crippen LogP contribution < -0.4 is 11.6 Å². The molecule has 1 heterocycles. The van der Waals surface area contributed by atoms with Gasteiger partial charge in [-0.05, 0) is 10.4 Å². The van der Waals surface area contributed by atoms with Crippen LogP contribution in [-0.4, -0.2) is 20.3 Å². The second-order valence-electron chi connectivity index (χ2n) is 0.982. The third-order valence-electron chi connectivity index (χ3n) is 0.518. The summed E-state index contributed by atoms with van der Waals surface area (Å²) in [5.41, 5.74) is 5.04. The fourth-order valence-electron chi connectivity index (χ4n) is 0.201. The lowest BCUT2D eigenvalue weighted by Crippen LogP contribution is -2.13. The van der Waals surface area contributed by atoms with Gasteiger partial charge in [-0.3, -0.25) is 0 Å². The number of rotatable bonds is 0. The van der Waals surface area contributed by atoms with Gasteiger partial charge in [0.15, 0.2) is 0 Å². The Balaban J connectivity index is 3.12. The highest BCUT2D eigenvalue weighted by atomic mass is 15.7. The lowest BCUT2D eigenvalue weighted by atomic mass is 11.1. The quantitative estimate of drug-likeness (QED) is 0.366. The van der Waals surface area contributed by atoms with Gasteiger partial charge in [0.1, 0.15) is 0 Å². The molecule has 0 radical (unpaired) electrons. The molecule has 0 saturated heterocycles. The van der Waals surface area contributed by atoms with Crippen LogP contribution in [-0.2, 0) is 0 Å². The number of tetrazole rings is 1. The summed E-state index contributed by atoms with van der Waals surface area (Å²) >= 11 is 0. The lowest BCUT2D eigenvalue weighted by Gasteiger charge is -1.82. The molecule has 0 fully saturated rings. The minimum absolute atomic E-state index is 0.111. The zero-order chi connectivity index (χ0) is 5.28. The number of nitrogens with two attached hydrogens (primary N) is 2. The summed E-state index contributed by atoms with van der Waals surface area (Å²) in [6, 6.07) is 0. The molecule has 0 atom stereocenters. The van der Waals surface area contributed by atoms with Crippen LogP contribution in [0.2, 0.25) is 0 Å². The van der Waals surface area contributed by atoms with Gasteiger partial charge in [-0.1, -0.05) is 5.10 Å². The first-order valence-electron chi connectivity index (χ1n) is 1.59. The maximum atomic E-state index is 5.04. The standard InChI is InChI=1S/CH4N6/c2-1-4-5-6-7(1)3/h3H2,(H2,2,4,6). The van der Waals surface area contributed by atoms with Gasteiger partial charge in [0, 0.05) is 0 Å². The van der Waals surface area contributed by atoms with Crippen molar-refractivity contribution in [1.29, 1.82) is 0 Å². The highest BCUT2D eigenvalue weighted by Gasteiger charge is 1.89. The summed E-state index contributed by atoms with van der Waals surface area (Å²) in [4.78, 5) is 0.889. The molecule has 0 amide bonds. The van der Waals surface area contributed by atoms with E-state index in [0.29, 0.717) is 0 Å². The van der Waals surface area contributed by atoms with Crippen LogP contribution >= 0.6 is 0 Å². The van der Waals surface area contributed by atoms with Gasteiger partial charge in [-0.2, -0.15) is 0 Å². The van der Waals surface area contributed by atoms with E-state index in [9.17, 15) is 0 Å². The van der Waals surface area contributed by atoms with Crippen molar-refractivity contribution in [3.63, 3.8) is 0 Å². The largest absolute Gasteiger partial charge is 0.365 e. The van der Waals surface area contributed by atoms with Crippen LogP contribution in [0.4, 0.5) is 5.95 Å². The first kappa shape index (κ1) is 3.85. The van der Waals surface area contributed by atoms with Crippen LogP contribution in [0.15, 0.2) is 0 Å². The van der Waals surface area contributed by atoms with E-state index in [1.54, 1.807) is 0 Å². The Morgan fingerprint density at radius 2 is 2.29 bits per heavy atom. The molecular weight excluding hydrogens is 96.1 g/mol. The number of hydrogen-bond acceptors (Lipinski definition) is 5. The highest BCUT2D eigenvalue weighted by Crippen LogP contribution is 1.78. The molecule has 4 N–H and O–H groups in total. The molecule has 1 aromatic rings. The molecule has 0 unspecified atom stereocenters. The molecule has 1 aromatic heterocycles. The second kappa shape index (κ2) is 1.07. The molecule has 0 aliphatic rings. The second-order valence-corrected chi connectivity index (χ2v) is 0.982. The van der Waals surface area contributed by atoms with Gasteiger partial charge in [-0.25, -0.2) is 0 Å². The number of anilines is 1. The van der Waals surface area contributed by atoms with Gasteiger partial charge >= 0.3 is 0 Å². The van der Waals surface area contributed by atoms with E-state index in [1.165, 1.54) is 0 Å². The number of hydrogen-bond donors (Lipinski definition) is 2. The molecule has 0 spiro atoms. The van der Waals surface area contributed by atoms with Crippen LogP contribution in [0.1, 0.15) is 0 Å². The van der Waals surface area contributed by atoms with Gasteiger partial charge in [0.2, 0.25) is 0 Å². The van der Waals surface area contributed by atoms with Gasteiger partial charge in [0.25, 0.3) is 5.95 Å². The molecule has 0 aromatic carbocycles. The monoisotopic (exact) mass is 100 g/mol. The summed E-state index contributed by atoms with van der Waals surface area (Å²) < 4.78 is 0. The normalized spacial score (nSPS) is 9.14. The van der Waals surface area contributed by atoms with Gasteiger partial charge in [0.05, 0.1) is 0 Å². The molecule has 0 saturated carbocycles. The van der Waals surface area contributed by atoms with Crippen molar-refractivity contribution in [1.82, 2.24) is 20.3 Å². The Labute approximate surface area is 39.1 Å². The zero-order valence-electron chi connectivity index (χ0n) is 3.44. The Morgan fingerprint density at radius 1 is 1.57 bits per heavy atom. The first-order valence-corrected chi connectivity index (χ1v) is 1.59. The molecule has 7 heavy (non-hydrogen) atoms. The fourth-order valence-corrected chi connectivity index (χ4v) is 0.201. The predicted molar refractivity (Wildman–Crippen MR) is 22.4 cm³/mol. The van der Waals surface area contributed by atoms with E-state index >= 15 is 0 Å². The predicted octanol–water partition coefficient (Wildman–Crippen LogP) is -2.03. The smallest absolute Gasteiger partial charge is 0.260 e. The van der Waals surface area contributed by atoms with E-state index in [2.05, 4.69) is 15.5 Å². The van der Waals surface area contributed by atoms with Gasteiger partial charge in [-0.15, -0.1) is 4.79 Å². The topological polar surface area (TPSA) is 95.6 Å². The molecule has 38 valence electrons. The Morgan fingerprint density at radius 3 is 2.43 bits per heavy atom. The van der Waals surface area contributed by atoms with Crippen LogP contribution in [0.5, 0.6) is 0 Å². The third kappa shape index (κ3) is 0.443. The molecule has 6 nitrogen and oxygen atoms in total. The summed E-state index contributed by atoms with van der Waals surface area (Å²) in [5.74, 6) is 5.11. The van der Waals surface area contributed by atoms with E-state index in [4.69, 9.17) is 11.6 Å². The van der Waals surface area contributed by atoms with Crippen LogP contribution in [0, 0.1) is 0 Å². The van der Waals surface area contributed by atoms with Crippen molar-refractivity contribution in [3.8, 4) is 0 Å². The number of nitrogen functional groups attached to an aromatic ring is 2. The molecule has 6 heteroatoms. The minimum atomic E-state index is 0.111. The van der Waals surface area contributed by atoms with E-state index in [0.717, 1.165) is 4.79 Å². The number of nitrogens with zero attached hydrogens (tertiary/aromatic N) is 4. The van der Waals surface area contributed by atoms with Crippen molar-refractivity contribution in [3.05, 3.63) is 0 Å². The maximum absolute atomic E-state index is 5.04. The summed E-state index contributed by atoms with van der Waals surface area (Å²) in [5, 5.41) is 9.63. The van der Waals surface area contributed by atoms with E-state index in [-0.39, 0.29) is 5.95 Å². The van der Waals surface area contributed by atoms with Gasteiger partial charge < -0.3 is 11.6 Å². The zero-order valence-corrected chi connectivity index (χ0v) is 3.44. The summed E-state index contributed by atoms with van der Waals surface area (Å²) in [6.07, 6.45) is 0. The number of aromatic nitrogens is 4. The fraction of sp³-hybridized carbons (Fsp3) is 0. The molecular formula is CH4N6. The summed E-state index contributed by atoms with van der Waals surface area (Å²) in [7, 11) is 0. The van der Waals surface area contributed by atoms with Crippen molar-refractivity contribution in [2.24, 2.45) is 0 Å². The SMILES string of the molecule is Nc1nnnn1N. The average Bonchev–Trinajstić information content (AvgIpc) is 1.91. The lowest BCUT2D eigenvalue weighted by molar-refractivity contribution is 0.761. The Hall–Kier alpha value is -1.33. The highest BCUT2D eigenvalue weighted by molar-refractivity contribution is 5.09. The van der Waals surface area contributed by atoms with Crippen molar-refractivity contribution < 1.29 is 0 Å². The van der Waals surface area contributed by atoms with Crippen LogP contribution in [0.25, 0.3) is 0 Å². The van der Waals surface area contributed by atoms with E-state index < -0.39 is 0 Å². The molecule has 1 rings (SSSR count). The average molecular weight is 100 g/mol. The van der Waals surface area contributed by atoms with Crippen LogP contribution in [0.3, 0.4) is 0 Å². The minimum Gasteiger partial charge on any atom is -0.365 e. The Kier molecular flexibility index (Phi) is 0.588. The van der Waals surface area contributed by atoms with E-state index in [1.807, 2.05) is 0 Å². The summed E-state index contributed by atoms with van der Waals surface area (Å²) in [6.45, 7) is 0. The van der Waals surface area contributed by atoms with Crippen molar-refractivity contribution in [2.45, 2.75) is 0 Å². The van der Waals surface area contributed by atoms with Crippen molar-refractivity contribution >= 4 is 5.95 Å². The Bertz CT molecular complexity index is 136. The molecule has 0 aliphatic carbocycles. The molecule has 0 bridgehead atoms. The first-order chi connectivity index (χ1) is 3.30. The third-order valence-corrected chi connectivity index (χ3v) is 0.518.